The Kier molecular flexibility index (Phi) is 2.46. The minimum absolute atomic E-state index is 0.244. The summed E-state index contributed by atoms with van der Waals surface area (Å²) in [6.07, 6.45) is 4.00. The second-order valence-corrected chi connectivity index (χ2v) is 5.61. The fraction of sp³-hybridized carbons (Fsp3) is 0.533. The zero-order valence-corrected chi connectivity index (χ0v) is 10.1. The Morgan fingerprint density at radius 3 is 2.76 bits per heavy atom. The van der Waals surface area contributed by atoms with E-state index in [1.54, 1.807) is 0 Å². The number of hydrogen-bond donors (Lipinski definition) is 1. The Hall–Kier alpha value is -1.31. The molecular formula is C15H18O2. The number of carbonyl (C=O) groups is 1. The van der Waals surface area contributed by atoms with Crippen molar-refractivity contribution in [1.29, 1.82) is 0 Å². The Labute approximate surface area is 102 Å². The van der Waals surface area contributed by atoms with Gasteiger partial charge in [-0.15, -0.1) is 0 Å². The van der Waals surface area contributed by atoms with Crippen molar-refractivity contribution in [2.75, 3.05) is 0 Å². The summed E-state index contributed by atoms with van der Waals surface area (Å²) in [6.45, 7) is 2.09. The number of benzene rings is 1. The lowest BCUT2D eigenvalue weighted by Gasteiger charge is -2.09. The summed E-state index contributed by atoms with van der Waals surface area (Å²) in [4.78, 5) is 10.9. The molecule has 0 heterocycles. The van der Waals surface area contributed by atoms with Crippen molar-refractivity contribution in [2.24, 2.45) is 5.92 Å². The molecule has 0 bridgehead atoms. The molecule has 0 aromatic heterocycles. The Morgan fingerprint density at radius 1 is 1.35 bits per heavy atom. The largest absolute Gasteiger partial charge is 0.481 e. The van der Waals surface area contributed by atoms with Crippen LogP contribution in [0.5, 0.6) is 0 Å². The Morgan fingerprint density at radius 2 is 2.12 bits per heavy atom. The maximum absolute atomic E-state index is 10.9. The number of fused-ring (bicyclic) bond motifs is 1. The molecule has 2 unspecified atom stereocenters. The van der Waals surface area contributed by atoms with Gasteiger partial charge in [0, 0.05) is 0 Å². The average Bonchev–Trinajstić information content (AvgIpc) is 3.04. The molecule has 0 aliphatic heterocycles. The normalized spacial score (nSPS) is 26.9. The van der Waals surface area contributed by atoms with Gasteiger partial charge in [-0.05, 0) is 55.1 Å². The van der Waals surface area contributed by atoms with Gasteiger partial charge in [0.2, 0.25) is 0 Å². The summed E-state index contributed by atoms with van der Waals surface area (Å²) in [5.41, 5.74) is 3.99. The van der Waals surface area contributed by atoms with E-state index < -0.39 is 5.97 Å². The highest BCUT2D eigenvalue weighted by Crippen LogP contribution is 2.54. The van der Waals surface area contributed by atoms with E-state index in [-0.39, 0.29) is 5.92 Å². The number of aryl methyl sites for hydroxylation is 1. The zero-order chi connectivity index (χ0) is 12.0. The molecular weight excluding hydrogens is 212 g/mol. The number of carboxylic acid groups (broad SMARTS) is 1. The lowest BCUT2D eigenvalue weighted by molar-refractivity contribution is -0.137. The third-order valence-corrected chi connectivity index (χ3v) is 4.23. The van der Waals surface area contributed by atoms with Gasteiger partial charge in [0.05, 0.1) is 6.42 Å². The van der Waals surface area contributed by atoms with Gasteiger partial charge in [-0.2, -0.15) is 0 Å². The summed E-state index contributed by atoms with van der Waals surface area (Å²) in [5, 5.41) is 9.01. The summed E-state index contributed by atoms with van der Waals surface area (Å²) in [7, 11) is 0. The monoisotopic (exact) mass is 230 g/mol. The van der Waals surface area contributed by atoms with Crippen molar-refractivity contribution in [3.05, 3.63) is 34.9 Å². The Balaban J connectivity index is 1.95. The van der Waals surface area contributed by atoms with Gasteiger partial charge in [-0.3, -0.25) is 4.79 Å². The molecule has 1 aromatic rings. The molecule has 2 nitrogen and oxygen atoms in total. The van der Waals surface area contributed by atoms with Crippen molar-refractivity contribution in [3.8, 4) is 0 Å². The minimum atomic E-state index is -0.668. The summed E-state index contributed by atoms with van der Waals surface area (Å²) >= 11 is 0. The van der Waals surface area contributed by atoms with Gasteiger partial charge in [-0.25, -0.2) is 0 Å². The van der Waals surface area contributed by atoms with Gasteiger partial charge in [-0.1, -0.05) is 23.8 Å². The second kappa shape index (κ2) is 3.86. The third-order valence-electron chi connectivity index (χ3n) is 4.23. The first-order valence-electron chi connectivity index (χ1n) is 6.47. The van der Waals surface area contributed by atoms with Gasteiger partial charge in [0.25, 0.3) is 0 Å². The molecule has 2 atom stereocenters. The standard InChI is InChI=1S/C15H18O2/c1-9-2-5-12-13(6-9)11(8-15(16)17)7-14(12)10-3-4-10/h2,5-6,10-11,14H,3-4,7-8H2,1H3,(H,16,17). The highest BCUT2D eigenvalue weighted by Gasteiger charge is 2.40. The first-order valence-corrected chi connectivity index (χ1v) is 6.47. The molecule has 1 aromatic carbocycles. The van der Waals surface area contributed by atoms with Crippen LogP contribution >= 0.6 is 0 Å². The molecule has 3 rings (SSSR count). The van der Waals surface area contributed by atoms with Crippen LogP contribution in [0.25, 0.3) is 0 Å². The maximum Gasteiger partial charge on any atom is 0.303 e. The quantitative estimate of drug-likeness (QED) is 0.863. The SMILES string of the molecule is Cc1ccc2c(c1)C(CC(=O)O)CC2C1CC1. The van der Waals surface area contributed by atoms with Gasteiger partial charge < -0.3 is 5.11 Å². The van der Waals surface area contributed by atoms with Gasteiger partial charge in [0.15, 0.2) is 0 Å². The van der Waals surface area contributed by atoms with E-state index in [0.29, 0.717) is 12.3 Å². The van der Waals surface area contributed by atoms with Crippen molar-refractivity contribution >= 4 is 5.97 Å². The van der Waals surface area contributed by atoms with Crippen LogP contribution in [0.4, 0.5) is 0 Å². The Bertz CT molecular complexity index is 460. The highest BCUT2D eigenvalue weighted by molar-refractivity contribution is 5.68. The topological polar surface area (TPSA) is 37.3 Å². The van der Waals surface area contributed by atoms with Gasteiger partial charge >= 0.3 is 5.97 Å². The van der Waals surface area contributed by atoms with Crippen LogP contribution in [0.15, 0.2) is 18.2 Å². The third kappa shape index (κ3) is 1.97. The lowest BCUT2D eigenvalue weighted by Crippen LogP contribution is -2.03. The smallest absolute Gasteiger partial charge is 0.303 e. The molecule has 2 aliphatic carbocycles. The van der Waals surface area contributed by atoms with Gasteiger partial charge in [0.1, 0.15) is 0 Å². The summed E-state index contributed by atoms with van der Waals surface area (Å²) in [6, 6.07) is 6.60. The summed E-state index contributed by atoms with van der Waals surface area (Å²) < 4.78 is 0. The molecule has 2 aliphatic rings. The highest BCUT2D eigenvalue weighted by atomic mass is 16.4. The number of aliphatic carboxylic acids is 1. The van der Waals surface area contributed by atoms with Crippen LogP contribution in [0, 0.1) is 12.8 Å². The second-order valence-electron chi connectivity index (χ2n) is 5.61. The predicted molar refractivity (Wildman–Crippen MR) is 66.3 cm³/mol. The number of hydrogen-bond acceptors (Lipinski definition) is 1. The fourth-order valence-electron chi connectivity index (χ4n) is 3.29. The lowest BCUT2D eigenvalue weighted by atomic mass is 9.95. The van der Waals surface area contributed by atoms with E-state index in [1.807, 2.05) is 0 Å². The molecule has 0 saturated heterocycles. The fourth-order valence-corrected chi connectivity index (χ4v) is 3.29. The first-order chi connectivity index (χ1) is 8.15. The molecule has 90 valence electrons. The molecule has 2 heteroatoms. The van der Waals surface area contributed by atoms with Crippen molar-refractivity contribution < 1.29 is 9.90 Å². The van der Waals surface area contributed by atoms with E-state index >= 15 is 0 Å². The molecule has 1 saturated carbocycles. The predicted octanol–water partition coefficient (Wildman–Crippen LogP) is 3.45. The van der Waals surface area contributed by atoms with Crippen LogP contribution in [0.3, 0.4) is 0 Å². The molecule has 1 fully saturated rings. The van der Waals surface area contributed by atoms with Crippen LogP contribution in [0.2, 0.25) is 0 Å². The van der Waals surface area contributed by atoms with E-state index in [4.69, 9.17) is 5.11 Å². The van der Waals surface area contributed by atoms with E-state index in [2.05, 4.69) is 25.1 Å². The first kappa shape index (κ1) is 10.8. The minimum Gasteiger partial charge on any atom is -0.481 e. The van der Waals surface area contributed by atoms with Crippen LogP contribution in [0.1, 0.15) is 54.2 Å². The molecule has 17 heavy (non-hydrogen) atoms. The van der Waals surface area contributed by atoms with Crippen molar-refractivity contribution in [1.82, 2.24) is 0 Å². The molecule has 1 N–H and O–H groups in total. The van der Waals surface area contributed by atoms with Crippen LogP contribution < -0.4 is 0 Å². The van der Waals surface area contributed by atoms with E-state index in [0.717, 1.165) is 12.3 Å². The number of rotatable bonds is 3. The zero-order valence-electron chi connectivity index (χ0n) is 10.1. The van der Waals surface area contributed by atoms with E-state index in [1.165, 1.54) is 29.5 Å². The van der Waals surface area contributed by atoms with E-state index in [9.17, 15) is 4.79 Å². The molecule has 0 amide bonds. The molecule has 0 spiro atoms. The van der Waals surface area contributed by atoms with Crippen molar-refractivity contribution in [3.63, 3.8) is 0 Å². The molecule has 0 radical (unpaired) electrons. The average molecular weight is 230 g/mol. The summed E-state index contributed by atoms with van der Waals surface area (Å²) in [5.74, 6) is 1.04. The number of carboxylic acids is 1. The van der Waals surface area contributed by atoms with Crippen LogP contribution in [-0.2, 0) is 4.79 Å². The maximum atomic E-state index is 10.9. The van der Waals surface area contributed by atoms with Crippen molar-refractivity contribution in [2.45, 2.75) is 44.4 Å². The van der Waals surface area contributed by atoms with Crippen LogP contribution in [-0.4, -0.2) is 11.1 Å².